The number of hydrogen-bond donors (Lipinski definition) is 0. The predicted octanol–water partition coefficient (Wildman–Crippen LogP) is 4.54. The summed E-state index contributed by atoms with van der Waals surface area (Å²) in [5.74, 6) is 2.13. The summed E-state index contributed by atoms with van der Waals surface area (Å²) in [6.07, 6.45) is 3.50. The minimum absolute atomic E-state index is 0.0880. The molecule has 1 saturated heterocycles. The van der Waals surface area contributed by atoms with E-state index in [0.29, 0.717) is 29.0 Å². The Balaban J connectivity index is 1.51. The molecule has 1 heterocycles. The highest BCUT2D eigenvalue weighted by molar-refractivity contribution is 8.26. The molecule has 0 N–H and O–H groups in total. The molecule has 5 nitrogen and oxygen atoms in total. The van der Waals surface area contributed by atoms with E-state index in [-0.39, 0.29) is 5.91 Å². The number of carbonyl (C=O) groups is 1. The Bertz CT molecular complexity index is 925. The van der Waals surface area contributed by atoms with Gasteiger partial charge in [-0.3, -0.25) is 9.69 Å². The molecule has 29 heavy (non-hydrogen) atoms. The molecule has 0 aromatic heterocycles. The third-order valence-electron chi connectivity index (χ3n) is 4.03. The van der Waals surface area contributed by atoms with Gasteiger partial charge in [-0.2, -0.15) is 0 Å². The van der Waals surface area contributed by atoms with Gasteiger partial charge < -0.3 is 14.2 Å². The number of ether oxygens (including phenoxy) is 3. The van der Waals surface area contributed by atoms with Gasteiger partial charge >= 0.3 is 0 Å². The summed E-state index contributed by atoms with van der Waals surface area (Å²) < 4.78 is 17.1. The number of thioether (sulfide) groups is 1. The number of nitrogens with zero attached hydrogens (tertiary/aromatic N) is 1. The Morgan fingerprint density at radius 1 is 1.07 bits per heavy atom. The third-order valence-corrected chi connectivity index (χ3v) is 5.40. The van der Waals surface area contributed by atoms with Crippen LogP contribution in [0.2, 0.25) is 0 Å². The number of hydrogen-bond acceptors (Lipinski definition) is 6. The van der Waals surface area contributed by atoms with Crippen molar-refractivity contribution in [2.45, 2.75) is 0 Å². The third kappa shape index (κ3) is 5.62. The van der Waals surface area contributed by atoms with Gasteiger partial charge in [0.15, 0.2) is 0 Å². The zero-order chi connectivity index (χ0) is 20.6. The van der Waals surface area contributed by atoms with Gasteiger partial charge in [0.1, 0.15) is 34.8 Å². The van der Waals surface area contributed by atoms with Crippen LogP contribution in [0.5, 0.6) is 17.2 Å². The van der Waals surface area contributed by atoms with Crippen molar-refractivity contribution in [3.8, 4) is 17.2 Å². The zero-order valence-corrected chi connectivity index (χ0v) is 17.6. The van der Waals surface area contributed by atoms with Crippen LogP contribution in [0.15, 0.2) is 66.1 Å². The second kappa shape index (κ2) is 10.1. The fraction of sp³-hybridized carbons (Fsp3) is 0.182. The van der Waals surface area contributed by atoms with Crippen molar-refractivity contribution in [3.05, 3.63) is 71.7 Å². The van der Waals surface area contributed by atoms with Crippen LogP contribution in [-0.2, 0) is 4.79 Å². The Kier molecular flexibility index (Phi) is 7.32. The molecule has 150 valence electrons. The highest BCUT2D eigenvalue weighted by Crippen LogP contribution is 2.32. The van der Waals surface area contributed by atoms with E-state index in [2.05, 4.69) is 6.58 Å². The van der Waals surface area contributed by atoms with E-state index in [9.17, 15) is 4.79 Å². The highest BCUT2D eigenvalue weighted by Gasteiger charge is 2.30. The number of carbonyl (C=O) groups excluding carboxylic acids is 1. The molecule has 0 atom stereocenters. The Morgan fingerprint density at radius 2 is 1.76 bits per heavy atom. The molecule has 2 aromatic carbocycles. The number of amides is 1. The molecule has 2 aromatic rings. The summed E-state index contributed by atoms with van der Waals surface area (Å²) in [6, 6.07) is 15.0. The van der Waals surface area contributed by atoms with E-state index in [1.54, 1.807) is 18.1 Å². The standard InChI is InChI=1S/C22H21NO4S2/c1-3-11-23-21(24)20(29-22(23)28)14-16-7-9-17(10-8-16)26-12-13-27-19-6-4-5-18(15-19)25-2/h3-10,14-15H,1,11-13H2,2H3/b20-14-. The maximum Gasteiger partial charge on any atom is 0.266 e. The van der Waals surface area contributed by atoms with Crippen molar-refractivity contribution in [1.29, 1.82) is 0 Å². The van der Waals surface area contributed by atoms with Crippen LogP contribution in [0.1, 0.15) is 5.56 Å². The minimum Gasteiger partial charge on any atom is -0.497 e. The van der Waals surface area contributed by atoms with Gasteiger partial charge in [0.05, 0.1) is 12.0 Å². The molecule has 0 spiro atoms. The van der Waals surface area contributed by atoms with Crippen LogP contribution < -0.4 is 14.2 Å². The van der Waals surface area contributed by atoms with Crippen LogP contribution in [0, 0.1) is 0 Å². The minimum atomic E-state index is -0.0880. The van der Waals surface area contributed by atoms with Gasteiger partial charge in [0.2, 0.25) is 0 Å². The summed E-state index contributed by atoms with van der Waals surface area (Å²) in [7, 11) is 1.62. The van der Waals surface area contributed by atoms with Gasteiger partial charge in [-0.15, -0.1) is 6.58 Å². The van der Waals surface area contributed by atoms with Crippen LogP contribution in [-0.4, -0.2) is 42.0 Å². The molecule has 0 unspecified atom stereocenters. The van der Waals surface area contributed by atoms with Crippen molar-refractivity contribution >= 4 is 40.3 Å². The van der Waals surface area contributed by atoms with E-state index >= 15 is 0 Å². The Labute approximate surface area is 179 Å². The first kappa shape index (κ1) is 21.0. The second-order valence-electron chi connectivity index (χ2n) is 6.03. The molecule has 1 amide bonds. The van der Waals surface area contributed by atoms with Crippen molar-refractivity contribution in [3.63, 3.8) is 0 Å². The first-order chi connectivity index (χ1) is 14.1. The van der Waals surface area contributed by atoms with Crippen molar-refractivity contribution in [2.75, 3.05) is 26.9 Å². The monoisotopic (exact) mass is 427 g/mol. The van der Waals surface area contributed by atoms with Gasteiger partial charge in [-0.25, -0.2) is 0 Å². The Morgan fingerprint density at radius 3 is 2.45 bits per heavy atom. The summed E-state index contributed by atoms with van der Waals surface area (Å²) in [5.41, 5.74) is 0.907. The van der Waals surface area contributed by atoms with E-state index in [1.165, 1.54) is 11.8 Å². The molecule has 3 rings (SSSR count). The zero-order valence-electron chi connectivity index (χ0n) is 16.0. The van der Waals surface area contributed by atoms with Crippen LogP contribution in [0.4, 0.5) is 0 Å². The molecule has 0 aliphatic carbocycles. The molecule has 0 bridgehead atoms. The van der Waals surface area contributed by atoms with E-state index in [1.807, 2.05) is 54.6 Å². The van der Waals surface area contributed by atoms with Crippen LogP contribution in [0.25, 0.3) is 6.08 Å². The summed E-state index contributed by atoms with van der Waals surface area (Å²) in [5, 5.41) is 0. The first-order valence-electron chi connectivity index (χ1n) is 8.96. The van der Waals surface area contributed by atoms with Gasteiger partial charge in [0.25, 0.3) is 5.91 Å². The number of methoxy groups -OCH3 is 1. The molecule has 1 fully saturated rings. The number of benzene rings is 2. The van der Waals surface area contributed by atoms with E-state index < -0.39 is 0 Å². The average Bonchev–Trinajstić information content (AvgIpc) is 3.00. The lowest BCUT2D eigenvalue weighted by Gasteiger charge is -2.10. The summed E-state index contributed by atoms with van der Waals surface area (Å²) in [6.45, 7) is 4.91. The van der Waals surface area contributed by atoms with Crippen molar-refractivity contribution in [1.82, 2.24) is 4.90 Å². The van der Waals surface area contributed by atoms with Crippen molar-refractivity contribution < 1.29 is 19.0 Å². The highest BCUT2D eigenvalue weighted by atomic mass is 32.2. The largest absolute Gasteiger partial charge is 0.497 e. The van der Waals surface area contributed by atoms with E-state index in [4.69, 9.17) is 26.4 Å². The fourth-order valence-corrected chi connectivity index (χ4v) is 3.88. The van der Waals surface area contributed by atoms with Crippen LogP contribution >= 0.6 is 24.0 Å². The first-order valence-corrected chi connectivity index (χ1v) is 10.2. The Hall–Kier alpha value is -2.77. The summed E-state index contributed by atoms with van der Waals surface area (Å²) in [4.78, 5) is 14.5. The lowest BCUT2D eigenvalue weighted by atomic mass is 10.2. The molecular formula is C22H21NO4S2. The average molecular weight is 428 g/mol. The van der Waals surface area contributed by atoms with E-state index in [0.717, 1.165) is 22.8 Å². The number of rotatable bonds is 9. The SMILES string of the molecule is C=CCN1C(=O)/C(=C/c2ccc(OCCOc3cccc(OC)c3)cc2)SC1=S. The lowest BCUT2D eigenvalue weighted by Crippen LogP contribution is -2.27. The van der Waals surface area contributed by atoms with Crippen LogP contribution in [0.3, 0.4) is 0 Å². The maximum absolute atomic E-state index is 12.4. The summed E-state index contributed by atoms with van der Waals surface area (Å²) >= 11 is 6.55. The van der Waals surface area contributed by atoms with Gasteiger partial charge in [-0.1, -0.05) is 48.3 Å². The smallest absolute Gasteiger partial charge is 0.266 e. The molecular weight excluding hydrogens is 406 g/mol. The maximum atomic E-state index is 12.4. The van der Waals surface area contributed by atoms with Gasteiger partial charge in [0, 0.05) is 12.6 Å². The molecule has 0 radical (unpaired) electrons. The topological polar surface area (TPSA) is 48.0 Å². The molecule has 7 heteroatoms. The fourth-order valence-electron chi connectivity index (χ4n) is 2.61. The predicted molar refractivity (Wildman–Crippen MR) is 121 cm³/mol. The second-order valence-corrected chi connectivity index (χ2v) is 7.70. The quantitative estimate of drug-likeness (QED) is 0.253. The lowest BCUT2D eigenvalue weighted by molar-refractivity contribution is -0.121. The van der Waals surface area contributed by atoms with Gasteiger partial charge in [-0.05, 0) is 35.9 Å². The normalized spacial score (nSPS) is 14.9. The number of thiocarbonyl (C=S) groups is 1. The van der Waals surface area contributed by atoms with Crippen molar-refractivity contribution in [2.24, 2.45) is 0 Å². The molecule has 0 saturated carbocycles. The molecule has 1 aliphatic heterocycles. The molecule has 1 aliphatic rings.